The lowest BCUT2D eigenvalue weighted by Gasteiger charge is -2.05. The molecule has 3 aromatic rings. The first-order valence-electron chi connectivity index (χ1n) is 6.98. The maximum atomic E-state index is 5.93. The maximum absolute atomic E-state index is 5.93. The van der Waals surface area contributed by atoms with Crippen LogP contribution in [0.1, 0.15) is 0 Å². The molecule has 0 spiro atoms. The van der Waals surface area contributed by atoms with E-state index < -0.39 is 0 Å². The Morgan fingerprint density at radius 2 is 2.39 bits per heavy atom. The first-order valence-corrected chi connectivity index (χ1v) is 9.15. The van der Waals surface area contributed by atoms with E-state index in [1.165, 1.54) is 0 Å². The molecular formula is C15H15N3O3S2. The normalized spacial score (nSPS) is 16.5. The Labute approximate surface area is 141 Å². The van der Waals surface area contributed by atoms with Gasteiger partial charge in [-0.1, -0.05) is 6.07 Å². The molecule has 2 aromatic heterocycles. The van der Waals surface area contributed by atoms with E-state index in [9.17, 15) is 0 Å². The fourth-order valence-corrected chi connectivity index (χ4v) is 3.99. The molecule has 0 amide bonds. The summed E-state index contributed by atoms with van der Waals surface area (Å²) < 4.78 is 18.7. The van der Waals surface area contributed by atoms with Gasteiger partial charge in [-0.2, -0.15) is 0 Å². The van der Waals surface area contributed by atoms with Crippen LogP contribution in [0.25, 0.3) is 22.4 Å². The summed E-state index contributed by atoms with van der Waals surface area (Å²) in [4.78, 5) is 4.64. The summed E-state index contributed by atoms with van der Waals surface area (Å²) in [5.74, 6) is 1.46. The number of thioether (sulfide) groups is 2. The van der Waals surface area contributed by atoms with Crippen LogP contribution >= 0.6 is 23.5 Å². The molecule has 4 rings (SSSR count). The molecule has 0 fully saturated rings. The fraction of sp³-hybridized carbons (Fsp3) is 0.267. The molecule has 120 valence electrons. The Balaban J connectivity index is 1.68. The molecule has 8 heteroatoms. The molecule has 1 N–H and O–H groups in total. The van der Waals surface area contributed by atoms with Crippen LogP contribution in [0.4, 0.5) is 0 Å². The van der Waals surface area contributed by atoms with Crippen molar-refractivity contribution < 1.29 is 13.9 Å². The lowest BCUT2D eigenvalue weighted by atomic mass is 10.2. The zero-order chi connectivity index (χ0) is 15.8. The smallest absolute Gasteiger partial charge is 0.190 e. The predicted octanol–water partition coefficient (Wildman–Crippen LogP) is 3.57. The summed E-state index contributed by atoms with van der Waals surface area (Å²) in [6, 6.07) is 7.66. The SMILES string of the molecule is COCOc1cccc2oc(-c3cn4c(n3)SC(SC)N4)cc12. The molecule has 1 aliphatic heterocycles. The van der Waals surface area contributed by atoms with Gasteiger partial charge in [-0.15, -0.1) is 11.8 Å². The second kappa shape index (κ2) is 6.03. The zero-order valence-electron chi connectivity index (χ0n) is 12.6. The third kappa shape index (κ3) is 2.66. The van der Waals surface area contributed by atoms with E-state index in [0.29, 0.717) is 4.71 Å². The summed E-state index contributed by atoms with van der Waals surface area (Å²) in [5.41, 5.74) is 4.91. The lowest BCUT2D eigenvalue weighted by Crippen LogP contribution is -2.13. The van der Waals surface area contributed by atoms with Crippen molar-refractivity contribution in [1.82, 2.24) is 9.66 Å². The third-order valence-corrected chi connectivity index (χ3v) is 5.67. The molecular weight excluding hydrogens is 334 g/mol. The van der Waals surface area contributed by atoms with Gasteiger partial charge in [0.1, 0.15) is 21.7 Å². The average molecular weight is 349 g/mol. The number of methoxy groups -OCH3 is 1. The second-order valence-electron chi connectivity index (χ2n) is 4.92. The van der Waals surface area contributed by atoms with Crippen molar-refractivity contribution in [1.29, 1.82) is 0 Å². The topological polar surface area (TPSA) is 61.5 Å². The number of fused-ring (bicyclic) bond motifs is 2. The second-order valence-corrected chi connectivity index (χ2v) is 7.24. The Hall–Kier alpha value is -1.77. The number of nitrogens with zero attached hydrogens (tertiary/aromatic N) is 2. The lowest BCUT2D eigenvalue weighted by molar-refractivity contribution is 0.0522. The molecule has 0 saturated heterocycles. The van der Waals surface area contributed by atoms with Gasteiger partial charge >= 0.3 is 0 Å². The molecule has 1 atom stereocenters. The van der Waals surface area contributed by atoms with Crippen LogP contribution in [0.2, 0.25) is 0 Å². The Bertz CT molecular complexity index is 822. The number of hydrogen-bond donors (Lipinski definition) is 1. The fourth-order valence-electron chi connectivity index (χ4n) is 2.40. The quantitative estimate of drug-likeness (QED) is 0.707. The number of nitrogens with one attached hydrogen (secondary N) is 1. The molecule has 23 heavy (non-hydrogen) atoms. The van der Waals surface area contributed by atoms with Crippen molar-refractivity contribution in [2.45, 2.75) is 9.86 Å². The number of ether oxygens (including phenoxy) is 2. The maximum Gasteiger partial charge on any atom is 0.190 e. The highest BCUT2D eigenvalue weighted by Crippen LogP contribution is 2.37. The highest BCUT2D eigenvalue weighted by atomic mass is 32.2. The molecule has 1 aromatic carbocycles. The Morgan fingerprint density at radius 1 is 1.48 bits per heavy atom. The predicted molar refractivity (Wildman–Crippen MR) is 92.5 cm³/mol. The van der Waals surface area contributed by atoms with Gasteiger partial charge < -0.3 is 19.3 Å². The van der Waals surface area contributed by atoms with E-state index in [2.05, 4.69) is 16.7 Å². The van der Waals surface area contributed by atoms with Crippen LogP contribution in [0.15, 0.2) is 40.0 Å². The Morgan fingerprint density at radius 3 is 3.17 bits per heavy atom. The number of benzene rings is 1. The van der Waals surface area contributed by atoms with E-state index in [1.807, 2.05) is 35.1 Å². The van der Waals surface area contributed by atoms with Gasteiger partial charge in [0.05, 0.1) is 11.6 Å². The average Bonchev–Trinajstić information content (AvgIpc) is 3.23. The van der Waals surface area contributed by atoms with E-state index in [4.69, 9.17) is 13.9 Å². The van der Waals surface area contributed by atoms with Crippen molar-refractivity contribution in [3.63, 3.8) is 0 Å². The molecule has 0 saturated carbocycles. The van der Waals surface area contributed by atoms with Gasteiger partial charge in [0.2, 0.25) is 0 Å². The van der Waals surface area contributed by atoms with E-state index in [1.54, 1.807) is 30.6 Å². The molecule has 0 radical (unpaired) electrons. The van der Waals surface area contributed by atoms with Gasteiger partial charge in [-0.25, -0.2) is 9.66 Å². The van der Waals surface area contributed by atoms with Crippen LogP contribution in [0, 0.1) is 0 Å². The summed E-state index contributed by atoms with van der Waals surface area (Å²) in [6.07, 6.45) is 4.02. The van der Waals surface area contributed by atoms with E-state index >= 15 is 0 Å². The van der Waals surface area contributed by atoms with Crippen LogP contribution < -0.4 is 10.2 Å². The van der Waals surface area contributed by atoms with Crippen molar-refractivity contribution in [3.8, 4) is 17.2 Å². The molecule has 0 aliphatic carbocycles. The first kappa shape index (κ1) is 14.8. The number of hydrogen-bond acceptors (Lipinski definition) is 7. The van der Waals surface area contributed by atoms with Crippen molar-refractivity contribution in [2.24, 2.45) is 0 Å². The summed E-state index contributed by atoms with van der Waals surface area (Å²) in [5, 5.41) is 1.85. The number of rotatable bonds is 5. The van der Waals surface area contributed by atoms with Gasteiger partial charge in [-0.05, 0) is 36.2 Å². The molecule has 0 bridgehead atoms. The minimum absolute atomic E-state index is 0.203. The molecule has 6 nitrogen and oxygen atoms in total. The highest BCUT2D eigenvalue weighted by Gasteiger charge is 2.24. The van der Waals surface area contributed by atoms with Gasteiger partial charge in [0.15, 0.2) is 17.7 Å². The van der Waals surface area contributed by atoms with Crippen molar-refractivity contribution in [3.05, 3.63) is 30.5 Å². The first-order chi connectivity index (χ1) is 11.3. The highest BCUT2D eigenvalue weighted by molar-refractivity contribution is 8.16. The molecule has 1 unspecified atom stereocenters. The standard InChI is InChI=1S/C15H15N3O3S2/c1-19-8-20-11-4-3-5-12-9(11)6-13(21-12)10-7-18-14(16-10)23-15(17-18)22-2/h3-7,15,17H,8H2,1-2H3. The van der Waals surface area contributed by atoms with Crippen LogP contribution in [0.3, 0.4) is 0 Å². The zero-order valence-corrected chi connectivity index (χ0v) is 14.2. The van der Waals surface area contributed by atoms with Crippen LogP contribution in [-0.2, 0) is 4.74 Å². The summed E-state index contributed by atoms with van der Waals surface area (Å²) in [6.45, 7) is 0.203. The Kier molecular flexibility index (Phi) is 3.88. The van der Waals surface area contributed by atoms with Gasteiger partial charge in [-0.3, -0.25) is 0 Å². The summed E-state index contributed by atoms with van der Waals surface area (Å²) >= 11 is 3.44. The number of imidazole rings is 1. The van der Waals surface area contributed by atoms with E-state index in [0.717, 1.165) is 33.3 Å². The molecule has 1 aliphatic rings. The monoisotopic (exact) mass is 349 g/mol. The van der Waals surface area contributed by atoms with Gasteiger partial charge in [0, 0.05) is 7.11 Å². The van der Waals surface area contributed by atoms with Crippen LogP contribution in [0.5, 0.6) is 5.75 Å². The minimum Gasteiger partial charge on any atom is -0.467 e. The third-order valence-electron chi connectivity index (χ3n) is 3.45. The minimum atomic E-state index is 0.203. The largest absolute Gasteiger partial charge is 0.467 e. The van der Waals surface area contributed by atoms with Crippen LogP contribution in [-0.4, -0.2) is 34.5 Å². The number of aromatic nitrogens is 2. The van der Waals surface area contributed by atoms with Gasteiger partial charge in [0.25, 0.3) is 0 Å². The van der Waals surface area contributed by atoms with E-state index in [-0.39, 0.29) is 6.79 Å². The number of furan rings is 1. The van der Waals surface area contributed by atoms with Crippen molar-refractivity contribution >= 4 is 34.5 Å². The molecule has 3 heterocycles. The summed E-state index contributed by atoms with van der Waals surface area (Å²) in [7, 11) is 1.60. The van der Waals surface area contributed by atoms with Crippen molar-refractivity contribution in [2.75, 3.05) is 25.6 Å².